The van der Waals surface area contributed by atoms with E-state index in [-0.39, 0.29) is 60.6 Å². The lowest BCUT2D eigenvalue weighted by Gasteiger charge is -2.34. The number of anilines is 1. The van der Waals surface area contributed by atoms with Crippen LogP contribution in [0, 0.1) is 5.92 Å². The third-order valence-electron chi connectivity index (χ3n) is 10.3. The van der Waals surface area contributed by atoms with Gasteiger partial charge in [-0.05, 0) is 55.9 Å². The number of piperazine rings is 1. The highest BCUT2D eigenvalue weighted by Gasteiger charge is 2.39. The summed E-state index contributed by atoms with van der Waals surface area (Å²) in [7, 11) is 0. The van der Waals surface area contributed by atoms with Gasteiger partial charge in [-0.25, -0.2) is 4.98 Å². The Balaban J connectivity index is 0.974. The Hall–Kier alpha value is -5.06. The number of benzene rings is 2. The Kier molecular flexibility index (Phi) is 8.92. The van der Waals surface area contributed by atoms with E-state index in [9.17, 15) is 19.2 Å². The smallest absolute Gasteiger partial charge is 0.247 e. The number of likely N-dealkylation sites (tertiary alicyclic amines) is 2. The fourth-order valence-corrected chi connectivity index (χ4v) is 7.55. The van der Waals surface area contributed by atoms with Gasteiger partial charge in [0, 0.05) is 48.7 Å². The molecule has 3 atom stereocenters. The number of aromatic nitrogens is 2. The number of aliphatic imine (C=N–C) groups is 1. The molecular formula is C38H43N7O4. The van der Waals surface area contributed by atoms with Crippen LogP contribution in [-0.4, -0.2) is 86.2 Å². The van der Waals surface area contributed by atoms with E-state index < -0.39 is 0 Å². The summed E-state index contributed by atoms with van der Waals surface area (Å²) < 4.78 is 0. The van der Waals surface area contributed by atoms with Crippen molar-refractivity contribution < 1.29 is 19.2 Å². The summed E-state index contributed by atoms with van der Waals surface area (Å²) in [4.78, 5) is 72.6. The summed E-state index contributed by atoms with van der Waals surface area (Å²) in [5.41, 5.74) is 4.96. The molecule has 3 saturated heterocycles. The molecule has 0 saturated carbocycles. The van der Waals surface area contributed by atoms with Crippen LogP contribution in [0.2, 0.25) is 0 Å². The Morgan fingerprint density at radius 3 is 2.18 bits per heavy atom. The minimum absolute atomic E-state index is 0.0526. The lowest BCUT2D eigenvalue weighted by atomic mass is 9.99. The first kappa shape index (κ1) is 32.5. The number of carbonyl (C=O) groups is 4. The molecule has 4 amide bonds. The van der Waals surface area contributed by atoms with Gasteiger partial charge < -0.3 is 24.6 Å². The largest absolute Gasteiger partial charge is 0.340 e. The second-order valence-electron chi connectivity index (χ2n) is 13.8. The Labute approximate surface area is 286 Å². The second kappa shape index (κ2) is 13.4. The van der Waals surface area contributed by atoms with E-state index >= 15 is 0 Å². The molecular weight excluding hydrogens is 618 g/mol. The highest BCUT2D eigenvalue weighted by Crippen LogP contribution is 2.35. The number of imidazole rings is 1. The molecule has 49 heavy (non-hydrogen) atoms. The number of carbonyl (C=O) groups excluding carboxylic acids is 4. The number of rotatable bonds is 8. The average Bonchev–Trinajstić information content (AvgIpc) is 3.95. The van der Waals surface area contributed by atoms with Crippen LogP contribution < -0.4 is 4.90 Å². The van der Waals surface area contributed by atoms with Gasteiger partial charge >= 0.3 is 0 Å². The first-order valence-electron chi connectivity index (χ1n) is 17.4. The molecule has 1 aromatic heterocycles. The Bertz CT molecular complexity index is 1810. The zero-order chi connectivity index (χ0) is 34.2. The molecule has 3 aromatic rings. The molecule has 0 unspecified atom stereocenters. The molecule has 11 nitrogen and oxygen atoms in total. The quantitative estimate of drug-likeness (QED) is 0.362. The van der Waals surface area contributed by atoms with Crippen LogP contribution in [0.4, 0.5) is 5.69 Å². The van der Waals surface area contributed by atoms with Gasteiger partial charge in [-0.2, -0.15) is 0 Å². The summed E-state index contributed by atoms with van der Waals surface area (Å²) in [6.07, 6.45) is 7.50. The first-order chi connectivity index (χ1) is 23.7. The van der Waals surface area contributed by atoms with Gasteiger partial charge in [0.1, 0.15) is 18.9 Å². The third-order valence-corrected chi connectivity index (χ3v) is 10.3. The van der Waals surface area contributed by atoms with E-state index in [4.69, 9.17) is 0 Å². The maximum atomic E-state index is 13.5. The topological polar surface area (TPSA) is 122 Å². The summed E-state index contributed by atoms with van der Waals surface area (Å²) in [5.74, 6) is 0.349. The maximum Gasteiger partial charge on any atom is 0.247 e. The van der Waals surface area contributed by atoms with E-state index in [1.807, 2.05) is 85.2 Å². The van der Waals surface area contributed by atoms with Gasteiger partial charge in [0.05, 0.1) is 29.9 Å². The van der Waals surface area contributed by atoms with Crippen molar-refractivity contribution in [3.63, 3.8) is 0 Å². The highest BCUT2D eigenvalue weighted by atomic mass is 16.2. The van der Waals surface area contributed by atoms with Crippen molar-refractivity contribution in [2.75, 3.05) is 31.1 Å². The van der Waals surface area contributed by atoms with Gasteiger partial charge in [0.25, 0.3) is 0 Å². The fourth-order valence-electron chi connectivity index (χ4n) is 7.55. The monoisotopic (exact) mass is 661 g/mol. The lowest BCUT2D eigenvalue weighted by Crippen LogP contribution is -2.53. The minimum Gasteiger partial charge on any atom is -0.340 e. The van der Waals surface area contributed by atoms with Gasteiger partial charge in [-0.15, -0.1) is 0 Å². The molecule has 3 fully saturated rings. The maximum absolute atomic E-state index is 13.5. The number of allylic oxidation sites excluding steroid dienone is 1. The zero-order valence-corrected chi connectivity index (χ0v) is 28.3. The minimum atomic E-state index is -0.231. The lowest BCUT2D eigenvalue weighted by molar-refractivity contribution is -0.136. The molecule has 0 spiro atoms. The van der Waals surface area contributed by atoms with Crippen LogP contribution in [0.25, 0.3) is 11.3 Å². The molecule has 4 aliphatic rings. The molecule has 0 aliphatic carbocycles. The predicted octanol–water partition coefficient (Wildman–Crippen LogP) is 5.05. The summed E-state index contributed by atoms with van der Waals surface area (Å²) >= 11 is 0. The van der Waals surface area contributed by atoms with Crippen LogP contribution in [0.5, 0.6) is 0 Å². The number of H-pyrrole nitrogens is 1. The highest BCUT2D eigenvalue weighted by molar-refractivity contribution is 6.06. The Morgan fingerprint density at radius 2 is 1.47 bits per heavy atom. The van der Waals surface area contributed by atoms with Crippen molar-refractivity contribution in [1.29, 1.82) is 0 Å². The molecule has 0 bridgehead atoms. The summed E-state index contributed by atoms with van der Waals surface area (Å²) in [6.45, 7) is 7.08. The van der Waals surface area contributed by atoms with Crippen molar-refractivity contribution in [2.45, 2.75) is 70.9 Å². The molecule has 0 radical (unpaired) electrons. The van der Waals surface area contributed by atoms with Crippen LogP contribution in [0.1, 0.15) is 76.2 Å². The summed E-state index contributed by atoms with van der Waals surface area (Å²) in [5, 5.41) is 0. The van der Waals surface area contributed by atoms with Crippen molar-refractivity contribution in [3.8, 4) is 11.3 Å². The Morgan fingerprint density at radius 1 is 0.816 bits per heavy atom. The van der Waals surface area contributed by atoms with Crippen molar-refractivity contribution in [2.24, 2.45) is 10.9 Å². The van der Waals surface area contributed by atoms with Gasteiger partial charge in [0.2, 0.25) is 23.6 Å². The molecule has 5 heterocycles. The first-order valence-corrected chi connectivity index (χ1v) is 17.4. The van der Waals surface area contributed by atoms with E-state index in [2.05, 4.69) is 15.0 Å². The molecule has 4 aliphatic heterocycles. The van der Waals surface area contributed by atoms with Crippen molar-refractivity contribution in [1.82, 2.24) is 24.7 Å². The predicted molar refractivity (Wildman–Crippen MR) is 186 cm³/mol. The number of nitrogens with zero attached hydrogens (tertiary/aromatic N) is 6. The van der Waals surface area contributed by atoms with Crippen molar-refractivity contribution >= 4 is 35.0 Å². The van der Waals surface area contributed by atoms with E-state index in [0.29, 0.717) is 24.4 Å². The molecule has 7 rings (SSSR count). The second-order valence-corrected chi connectivity index (χ2v) is 13.8. The number of hydrogen-bond acceptors (Lipinski definition) is 6. The number of hydrogen-bond donors (Lipinski definition) is 1. The van der Waals surface area contributed by atoms with Crippen LogP contribution >= 0.6 is 0 Å². The third kappa shape index (κ3) is 6.29. The van der Waals surface area contributed by atoms with Crippen LogP contribution in [0.3, 0.4) is 0 Å². The normalized spacial score (nSPS) is 21.9. The number of amides is 4. The van der Waals surface area contributed by atoms with E-state index in [0.717, 1.165) is 60.6 Å². The molecule has 254 valence electrons. The van der Waals surface area contributed by atoms with Gasteiger partial charge in [-0.1, -0.05) is 56.3 Å². The standard InChI is InChI=1S/C38H43N7O4/c1-24(2)37(48)42-17-7-11-32(42)30-19-29(20-39-30)45-23-34(46)44(22-35(45)47)28-15-13-27(14-16-28)31-21-40-36(41-31)33-12-8-18-43(33)38(49)25(3)26-9-5-4-6-10-26/h4-6,9-10,13-16,20-21,24-25,32-33H,7-8,11-12,17-19,22-23H2,1-3H3,(H,40,41)/t25-,32+,33+/m1/s1. The number of aromatic amines is 1. The number of nitrogens with one attached hydrogen (secondary N) is 1. The summed E-state index contributed by atoms with van der Waals surface area (Å²) in [6, 6.07) is 17.2. The average molecular weight is 662 g/mol. The zero-order valence-electron chi connectivity index (χ0n) is 28.3. The SMILES string of the molecule is CC(C)C(=O)N1CCC[C@H]1C1=NC=C(N2CC(=O)N(c3ccc(-c4cnc([C@@H]5CCCN5C(=O)[C@H](C)c5ccccc5)[nH]4)cc3)CC2=O)C1. The molecule has 11 heteroatoms. The van der Waals surface area contributed by atoms with Gasteiger partial charge in [-0.3, -0.25) is 24.2 Å². The van der Waals surface area contributed by atoms with Crippen molar-refractivity contribution in [3.05, 3.63) is 84.1 Å². The fraction of sp³-hybridized carbons (Fsp3) is 0.421. The molecule has 1 N–H and O–H groups in total. The van der Waals surface area contributed by atoms with Crippen LogP contribution in [0.15, 0.2) is 77.7 Å². The van der Waals surface area contributed by atoms with Crippen LogP contribution in [-0.2, 0) is 19.2 Å². The van der Waals surface area contributed by atoms with E-state index in [1.54, 1.807) is 12.4 Å². The van der Waals surface area contributed by atoms with Gasteiger partial charge in [0.15, 0.2) is 0 Å². The molecule has 2 aromatic carbocycles. The van der Waals surface area contributed by atoms with E-state index in [1.165, 1.54) is 9.80 Å².